The topological polar surface area (TPSA) is 109 Å². The molecule has 1 aromatic heterocycles. The number of carbonyl (C=O) groups is 2. The number of Topliss-reactive ketones (excluding diaryl/α,β-unsaturated/α-hetero) is 1. The van der Waals surface area contributed by atoms with Gasteiger partial charge < -0.3 is 10.2 Å². The summed E-state index contributed by atoms with van der Waals surface area (Å²) in [5, 5.41) is 2.72. The molecule has 1 aliphatic heterocycles. The van der Waals surface area contributed by atoms with E-state index in [1.54, 1.807) is 39.0 Å². The lowest BCUT2D eigenvalue weighted by atomic mass is 9.91. The van der Waals surface area contributed by atoms with Crippen LogP contribution in [0.5, 0.6) is 0 Å². The molecule has 218 valence electrons. The van der Waals surface area contributed by atoms with Crippen molar-refractivity contribution in [3.63, 3.8) is 0 Å². The first-order valence-corrected chi connectivity index (χ1v) is 15.7. The number of anilines is 2. The van der Waals surface area contributed by atoms with Gasteiger partial charge in [-0.15, -0.1) is 11.3 Å². The number of benzene rings is 2. The summed E-state index contributed by atoms with van der Waals surface area (Å²) < 4.78 is 29.4. The summed E-state index contributed by atoms with van der Waals surface area (Å²) in [4.78, 5) is 41.5. The monoisotopic (exact) mass is 596 g/mol. The number of hydrogen-bond donors (Lipinski definition) is 1. The lowest BCUT2D eigenvalue weighted by Crippen LogP contribution is -2.36. The maximum absolute atomic E-state index is 13.5. The summed E-state index contributed by atoms with van der Waals surface area (Å²) in [5.74, 6) is -0.685. The van der Waals surface area contributed by atoms with E-state index in [0.717, 1.165) is 35.4 Å². The molecular formula is C30H36N4O5S2. The molecule has 0 saturated carbocycles. The summed E-state index contributed by atoms with van der Waals surface area (Å²) in [6.07, 6.45) is 4.80. The van der Waals surface area contributed by atoms with Gasteiger partial charge in [0.25, 0.3) is 5.56 Å². The van der Waals surface area contributed by atoms with Crippen LogP contribution in [0.1, 0.15) is 39.2 Å². The molecule has 1 fully saturated rings. The van der Waals surface area contributed by atoms with Crippen LogP contribution in [0.15, 0.2) is 58.2 Å². The van der Waals surface area contributed by atoms with Crippen LogP contribution in [0.3, 0.4) is 0 Å². The lowest BCUT2D eigenvalue weighted by molar-refractivity contribution is -0.120. The molecule has 1 aliphatic rings. The molecule has 0 atom stereocenters. The molecule has 9 nitrogen and oxygen atoms in total. The van der Waals surface area contributed by atoms with Crippen molar-refractivity contribution < 1.29 is 18.0 Å². The second-order valence-electron chi connectivity index (χ2n) is 11.3. The molecular weight excluding hydrogens is 560 g/mol. The van der Waals surface area contributed by atoms with Gasteiger partial charge in [0.05, 0.1) is 9.43 Å². The Morgan fingerprint density at radius 1 is 1.05 bits per heavy atom. The molecule has 1 N–H and O–H groups in total. The van der Waals surface area contributed by atoms with E-state index in [4.69, 9.17) is 0 Å². The number of nitrogens with one attached hydrogen (secondary N) is 1. The Morgan fingerprint density at radius 2 is 1.71 bits per heavy atom. The number of thiazole rings is 1. The molecule has 1 amide bonds. The van der Waals surface area contributed by atoms with E-state index in [9.17, 15) is 22.8 Å². The summed E-state index contributed by atoms with van der Waals surface area (Å²) in [5.41, 5.74) is 1.09. The Morgan fingerprint density at radius 3 is 2.32 bits per heavy atom. The Labute approximate surface area is 244 Å². The van der Waals surface area contributed by atoms with Crippen LogP contribution in [-0.2, 0) is 26.2 Å². The lowest BCUT2D eigenvalue weighted by Gasteiger charge is -2.16. The van der Waals surface area contributed by atoms with Gasteiger partial charge in [-0.3, -0.25) is 19.0 Å². The highest BCUT2D eigenvalue weighted by atomic mass is 32.2. The minimum atomic E-state index is -3.65. The highest BCUT2D eigenvalue weighted by Crippen LogP contribution is 2.23. The van der Waals surface area contributed by atoms with Gasteiger partial charge in [-0.25, -0.2) is 8.42 Å². The fourth-order valence-corrected chi connectivity index (χ4v) is 6.90. The molecule has 11 heteroatoms. The molecule has 41 heavy (non-hydrogen) atoms. The molecule has 0 aliphatic carbocycles. The fourth-order valence-electron chi connectivity index (χ4n) is 4.30. The average Bonchev–Trinajstić information content (AvgIpc) is 3.55. The summed E-state index contributed by atoms with van der Waals surface area (Å²) >= 11 is 1.15. The molecule has 0 radical (unpaired) electrons. The van der Waals surface area contributed by atoms with Crippen LogP contribution in [0.4, 0.5) is 11.4 Å². The Balaban J connectivity index is 1.66. The average molecular weight is 597 g/mol. The quantitative estimate of drug-likeness (QED) is 0.428. The van der Waals surface area contributed by atoms with Gasteiger partial charge in [-0.1, -0.05) is 39.0 Å². The highest BCUT2D eigenvalue weighted by Gasteiger charge is 2.27. The zero-order valence-corrected chi connectivity index (χ0v) is 25.6. The van der Waals surface area contributed by atoms with Gasteiger partial charge in [0, 0.05) is 50.1 Å². The number of hydrogen-bond acceptors (Lipinski definition) is 7. The van der Waals surface area contributed by atoms with Gasteiger partial charge in [-0.2, -0.15) is 4.31 Å². The third-order valence-electron chi connectivity index (χ3n) is 6.76. The highest BCUT2D eigenvalue weighted by molar-refractivity contribution is 7.89. The normalized spacial score (nSPS) is 15.3. The van der Waals surface area contributed by atoms with Crippen molar-refractivity contribution in [1.29, 1.82) is 0 Å². The van der Waals surface area contributed by atoms with Crippen LogP contribution in [0.2, 0.25) is 0 Å². The second-order valence-corrected chi connectivity index (χ2v) is 14.3. The molecule has 2 heterocycles. The number of rotatable bonds is 8. The number of ketones is 1. The summed E-state index contributed by atoms with van der Waals surface area (Å²) in [7, 11) is 0.235. The third kappa shape index (κ3) is 7.22. The standard InChI is InChI=1S/C30H36N4O5S2/c1-30(2,3)26(35)19-28-34(29(37)25(40-28)17-21-11-13-23(14-12-21)32(4)5)20-27(36)31-22-9-8-10-24(18-22)41(38,39)33-15-6-7-16-33/h8-14,17-19H,6-7,15-16,20H2,1-5H3,(H,31,36). The van der Waals surface area contributed by atoms with Gasteiger partial charge in [0.1, 0.15) is 11.2 Å². The van der Waals surface area contributed by atoms with Gasteiger partial charge >= 0.3 is 0 Å². The van der Waals surface area contributed by atoms with E-state index in [0.29, 0.717) is 28.0 Å². The number of sulfonamides is 1. The first kappa shape index (κ1) is 30.4. The van der Waals surface area contributed by atoms with E-state index >= 15 is 0 Å². The largest absolute Gasteiger partial charge is 0.378 e. The molecule has 3 aromatic rings. The number of amides is 1. The first-order valence-electron chi connectivity index (χ1n) is 13.4. The first-order chi connectivity index (χ1) is 19.3. The van der Waals surface area contributed by atoms with Gasteiger partial charge in [0.15, 0.2) is 5.78 Å². The predicted molar refractivity (Wildman–Crippen MR) is 164 cm³/mol. The van der Waals surface area contributed by atoms with E-state index in [2.05, 4.69) is 5.32 Å². The van der Waals surface area contributed by atoms with E-state index < -0.39 is 21.3 Å². The molecule has 0 bridgehead atoms. The Kier molecular flexibility index (Phi) is 9.00. The number of nitrogens with zero attached hydrogens (tertiary/aromatic N) is 3. The Bertz CT molecular complexity index is 1720. The van der Waals surface area contributed by atoms with Crippen molar-refractivity contribution in [2.75, 3.05) is 37.4 Å². The summed E-state index contributed by atoms with van der Waals surface area (Å²) in [6, 6.07) is 13.8. The van der Waals surface area contributed by atoms with Crippen molar-refractivity contribution >= 4 is 56.6 Å². The predicted octanol–water partition coefficient (Wildman–Crippen LogP) is 2.62. The second kappa shape index (κ2) is 12.1. The maximum atomic E-state index is 13.5. The minimum absolute atomic E-state index is 0.104. The zero-order chi connectivity index (χ0) is 29.9. The van der Waals surface area contributed by atoms with E-state index in [1.165, 1.54) is 27.1 Å². The molecule has 4 rings (SSSR count). The summed E-state index contributed by atoms with van der Waals surface area (Å²) in [6.45, 7) is 5.98. The molecule has 0 spiro atoms. The Hall–Kier alpha value is -3.54. The SMILES string of the molecule is CN(C)c1ccc(C=c2sc(=CC(=O)C(C)(C)C)n(CC(=O)Nc3cccc(S(=O)(=O)N4CCCC4)c3)c2=O)cc1. The molecule has 2 aromatic carbocycles. The minimum Gasteiger partial charge on any atom is -0.378 e. The zero-order valence-electron chi connectivity index (χ0n) is 24.0. The smallest absolute Gasteiger partial charge is 0.269 e. The number of aromatic nitrogens is 1. The van der Waals surface area contributed by atoms with Crippen LogP contribution < -0.4 is 25.0 Å². The molecule has 1 saturated heterocycles. The third-order valence-corrected chi connectivity index (χ3v) is 9.71. The van der Waals surface area contributed by atoms with Crippen molar-refractivity contribution in [3.05, 3.63) is 73.6 Å². The molecule has 0 unspecified atom stereocenters. The van der Waals surface area contributed by atoms with Crippen LogP contribution in [-0.4, -0.2) is 56.2 Å². The van der Waals surface area contributed by atoms with Crippen LogP contribution in [0, 0.1) is 5.41 Å². The van der Waals surface area contributed by atoms with Crippen LogP contribution in [0.25, 0.3) is 12.2 Å². The van der Waals surface area contributed by atoms with E-state index in [1.807, 2.05) is 43.3 Å². The van der Waals surface area contributed by atoms with Gasteiger partial charge in [0.2, 0.25) is 15.9 Å². The van der Waals surface area contributed by atoms with Crippen LogP contribution >= 0.6 is 11.3 Å². The van der Waals surface area contributed by atoms with E-state index in [-0.39, 0.29) is 22.8 Å². The van der Waals surface area contributed by atoms with Crippen molar-refractivity contribution in [1.82, 2.24) is 8.87 Å². The van der Waals surface area contributed by atoms with Crippen molar-refractivity contribution in [3.8, 4) is 0 Å². The maximum Gasteiger partial charge on any atom is 0.269 e. The van der Waals surface area contributed by atoms with Crippen molar-refractivity contribution in [2.24, 2.45) is 5.41 Å². The number of carbonyl (C=O) groups excluding carboxylic acids is 2. The fraction of sp³-hybridized carbons (Fsp3) is 0.367. The van der Waals surface area contributed by atoms with Gasteiger partial charge in [-0.05, 0) is 54.8 Å². The van der Waals surface area contributed by atoms with Crippen molar-refractivity contribution in [2.45, 2.75) is 45.1 Å².